The normalized spacial score (nSPS) is 10.6. The van der Waals surface area contributed by atoms with E-state index in [2.05, 4.69) is 10.1 Å². The quantitative estimate of drug-likeness (QED) is 0.317. The molecule has 0 atom stereocenters. The molecule has 0 saturated heterocycles. The molecule has 0 bridgehead atoms. The fraction of sp³-hybridized carbons (Fsp3) is 0.200. The lowest BCUT2D eigenvalue weighted by atomic mass is 10.0. The van der Waals surface area contributed by atoms with Crippen LogP contribution in [0, 0.1) is 0 Å². The zero-order chi connectivity index (χ0) is 21.0. The molecule has 0 N–H and O–H groups in total. The molecular formula is C20H17Cl2N3O4. The van der Waals surface area contributed by atoms with Crippen LogP contribution >= 0.6 is 23.2 Å². The van der Waals surface area contributed by atoms with E-state index in [1.165, 1.54) is 10.7 Å². The highest BCUT2D eigenvalue weighted by Gasteiger charge is 2.22. The lowest BCUT2D eigenvalue weighted by Gasteiger charge is -2.11. The van der Waals surface area contributed by atoms with Crippen LogP contribution in [0.2, 0.25) is 5.02 Å². The average molecular weight is 434 g/mol. The summed E-state index contributed by atoms with van der Waals surface area (Å²) in [6, 6.07) is 11.5. The van der Waals surface area contributed by atoms with Crippen LogP contribution in [0.25, 0.3) is 5.69 Å². The Hall–Kier alpha value is -2.90. The van der Waals surface area contributed by atoms with Crippen molar-refractivity contribution in [2.24, 2.45) is 0 Å². The number of halogens is 2. The van der Waals surface area contributed by atoms with Crippen molar-refractivity contribution in [3.05, 3.63) is 70.3 Å². The molecule has 2 aromatic carbocycles. The second kappa shape index (κ2) is 9.07. The second-order valence-corrected chi connectivity index (χ2v) is 6.54. The maximum Gasteiger partial charge on any atom is 0.378 e. The molecule has 9 heteroatoms. The van der Waals surface area contributed by atoms with E-state index < -0.39 is 5.97 Å². The second-order valence-electron chi connectivity index (χ2n) is 5.84. The Morgan fingerprint density at radius 1 is 1.14 bits per heavy atom. The SMILES string of the molecule is CCOC(=O)c1nc(CCl)n(-c2ccc(Cl)cc2C(=O)c2ccc(OC)cc2)n1. The van der Waals surface area contributed by atoms with E-state index in [1.54, 1.807) is 50.4 Å². The number of benzene rings is 2. The maximum atomic E-state index is 13.1. The summed E-state index contributed by atoms with van der Waals surface area (Å²) in [6.07, 6.45) is 0. The Bertz CT molecular complexity index is 1050. The highest BCUT2D eigenvalue weighted by atomic mass is 35.5. The van der Waals surface area contributed by atoms with Crippen LogP contribution in [-0.4, -0.2) is 40.2 Å². The van der Waals surface area contributed by atoms with Crippen molar-refractivity contribution in [2.45, 2.75) is 12.8 Å². The van der Waals surface area contributed by atoms with Crippen LogP contribution in [0.3, 0.4) is 0 Å². The van der Waals surface area contributed by atoms with Gasteiger partial charge in [0.1, 0.15) is 11.6 Å². The van der Waals surface area contributed by atoms with Gasteiger partial charge in [0.05, 0.1) is 25.3 Å². The summed E-state index contributed by atoms with van der Waals surface area (Å²) in [4.78, 5) is 29.3. The van der Waals surface area contributed by atoms with Gasteiger partial charge in [-0.2, -0.15) is 0 Å². The lowest BCUT2D eigenvalue weighted by Crippen LogP contribution is -2.11. The molecule has 3 aromatic rings. The smallest absolute Gasteiger partial charge is 0.378 e. The number of methoxy groups -OCH3 is 1. The molecule has 0 unspecified atom stereocenters. The number of nitrogens with zero attached hydrogens (tertiary/aromatic N) is 3. The highest BCUT2D eigenvalue weighted by molar-refractivity contribution is 6.31. The van der Waals surface area contributed by atoms with Crippen molar-refractivity contribution in [1.82, 2.24) is 14.8 Å². The predicted molar refractivity (Wildman–Crippen MR) is 108 cm³/mol. The first-order valence-electron chi connectivity index (χ1n) is 8.66. The Labute approximate surface area is 177 Å². The van der Waals surface area contributed by atoms with Crippen molar-refractivity contribution >= 4 is 35.0 Å². The van der Waals surface area contributed by atoms with Crippen LogP contribution in [0.5, 0.6) is 5.75 Å². The first-order chi connectivity index (χ1) is 14.0. The van der Waals surface area contributed by atoms with E-state index in [0.29, 0.717) is 27.8 Å². The summed E-state index contributed by atoms with van der Waals surface area (Å²) < 4.78 is 11.4. The van der Waals surface area contributed by atoms with Crippen molar-refractivity contribution in [3.8, 4) is 11.4 Å². The maximum absolute atomic E-state index is 13.1. The number of rotatable bonds is 7. The average Bonchev–Trinajstić information content (AvgIpc) is 3.18. The third kappa shape index (κ3) is 4.41. The number of ether oxygens (including phenoxy) is 2. The fourth-order valence-electron chi connectivity index (χ4n) is 2.68. The highest BCUT2D eigenvalue weighted by Crippen LogP contribution is 2.25. The van der Waals surface area contributed by atoms with Gasteiger partial charge in [0.25, 0.3) is 5.82 Å². The minimum absolute atomic E-state index is 0.0226. The number of hydrogen-bond donors (Lipinski definition) is 0. The van der Waals surface area contributed by atoms with Gasteiger partial charge in [-0.1, -0.05) is 11.6 Å². The molecule has 0 aliphatic carbocycles. The Balaban J connectivity index is 2.09. The van der Waals surface area contributed by atoms with E-state index in [1.807, 2.05) is 0 Å². The number of alkyl halides is 1. The van der Waals surface area contributed by atoms with Crippen LogP contribution in [0.1, 0.15) is 39.3 Å². The van der Waals surface area contributed by atoms with Crippen molar-refractivity contribution in [2.75, 3.05) is 13.7 Å². The molecule has 0 amide bonds. The van der Waals surface area contributed by atoms with Crippen LogP contribution in [-0.2, 0) is 10.6 Å². The molecular weight excluding hydrogens is 417 g/mol. The molecule has 29 heavy (non-hydrogen) atoms. The Morgan fingerprint density at radius 3 is 2.48 bits per heavy atom. The van der Waals surface area contributed by atoms with Gasteiger partial charge in [0.2, 0.25) is 0 Å². The van der Waals surface area contributed by atoms with Gasteiger partial charge < -0.3 is 9.47 Å². The number of esters is 1. The minimum atomic E-state index is -0.672. The summed E-state index contributed by atoms with van der Waals surface area (Å²) in [5.41, 5.74) is 1.12. The van der Waals surface area contributed by atoms with Crippen LogP contribution in [0.15, 0.2) is 42.5 Å². The molecule has 0 radical (unpaired) electrons. The number of hydrogen-bond acceptors (Lipinski definition) is 6. The van der Waals surface area contributed by atoms with E-state index in [9.17, 15) is 9.59 Å². The summed E-state index contributed by atoms with van der Waals surface area (Å²) >= 11 is 12.1. The lowest BCUT2D eigenvalue weighted by molar-refractivity contribution is 0.0512. The molecule has 0 spiro atoms. The molecule has 1 aromatic heterocycles. The van der Waals surface area contributed by atoms with Crippen molar-refractivity contribution in [3.63, 3.8) is 0 Å². The first-order valence-corrected chi connectivity index (χ1v) is 9.57. The first kappa shape index (κ1) is 20.8. The predicted octanol–water partition coefficient (Wildman–Crippen LogP) is 4.08. The van der Waals surface area contributed by atoms with Crippen molar-refractivity contribution in [1.29, 1.82) is 0 Å². The minimum Gasteiger partial charge on any atom is -0.497 e. The number of carbonyl (C=O) groups is 2. The zero-order valence-corrected chi connectivity index (χ0v) is 17.2. The third-order valence-corrected chi connectivity index (χ3v) is 4.51. The molecule has 150 valence electrons. The topological polar surface area (TPSA) is 83.3 Å². The molecule has 0 fully saturated rings. The number of aromatic nitrogens is 3. The van der Waals surface area contributed by atoms with Gasteiger partial charge in [0.15, 0.2) is 5.78 Å². The standard InChI is InChI=1S/C20H17Cl2N3O4/c1-3-29-20(27)19-23-17(11-21)25(24-19)16-9-6-13(22)10-15(16)18(26)12-4-7-14(28-2)8-5-12/h4-10H,3,11H2,1-2H3. The largest absolute Gasteiger partial charge is 0.497 e. The van der Waals surface area contributed by atoms with E-state index in [0.717, 1.165) is 0 Å². The molecule has 0 aliphatic rings. The van der Waals surface area contributed by atoms with Gasteiger partial charge in [0, 0.05) is 16.1 Å². The monoisotopic (exact) mass is 433 g/mol. The molecule has 3 rings (SSSR count). The van der Waals surface area contributed by atoms with Crippen molar-refractivity contribution < 1.29 is 19.1 Å². The van der Waals surface area contributed by atoms with Gasteiger partial charge in [-0.05, 0) is 49.4 Å². The van der Waals surface area contributed by atoms with Crippen LogP contribution < -0.4 is 4.74 Å². The summed E-state index contributed by atoms with van der Waals surface area (Å²) in [5, 5.41) is 4.57. The van der Waals surface area contributed by atoms with E-state index >= 15 is 0 Å². The molecule has 0 saturated carbocycles. The molecule has 0 aliphatic heterocycles. The summed E-state index contributed by atoms with van der Waals surface area (Å²) in [7, 11) is 1.55. The van der Waals surface area contributed by atoms with Gasteiger partial charge in [-0.3, -0.25) is 4.79 Å². The number of ketones is 1. The van der Waals surface area contributed by atoms with Gasteiger partial charge in [-0.15, -0.1) is 16.7 Å². The molecule has 7 nitrogen and oxygen atoms in total. The molecule has 1 heterocycles. The van der Waals surface area contributed by atoms with Crippen LogP contribution in [0.4, 0.5) is 0 Å². The van der Waals surface area contributed by atoms with Gasteiger partial charge in [-0.25, -0.2) is 14.5 Å². The summed E-state index contributed by atoms with van der Waals surface area (Å²) in [6.45, 7) is 1.87. The third-order valence-electron chi connectivity index (χ3n) is 4.04. The summed E-state index contributed by atoms with van der Waals surface area (Å²) in [5.74, 6) is -0.187. The fourth-order valence-corrected chi connectivity index (χ4v) is 3.02. The van der Waals surface area contributed by atoms with E-state index in [-0.39, 0.29) is 29.7 Å². The van der Waals surface area contributed by atoms with Gasteiger partial charge >= 0.3 is 5.97 Å². The number of carbonyl (C=O) groups excluding carboxylic acids is 2. The zero-order valence-electron chi connectivity index (χ0n) is 15.7. The Morgan fingerprint density at radius 2 is 1.86 bits per heavy atom. The Kier molecular flexibility index (Phi) is 6.51. The van der Waals surface area contributed by atoms with E-state index in [4.69, 9.17) is 32.7 Å².